The summed E-state index contributed by atoms with van der Waals surface area (Å²) in [7, 11) is 0. The average molecular weight is 439 g/mol. The summed E-state index contributed by atoms with van der Waals surface area (Å²) in [6, 6.07) is 15.6. The number of imidazole rings is 1. The number of nitrogens with zero attached hydrogens (tertiary/aromatic N) is 3. The largest absolute Gasteiger partial charge is 0.348 e. The Kier molecular flexibility index (Phi) is 6.36. The summed E-state index contributed by atoms with van der Waals surface area (Å²) in [5.74, 6) is -1.02. The molecule has 1 aliphatic rings. The third-order valence-corrected chi connectivity index (χ3v) is 6.03. The van der Waals surface area contributed by atoms with Crippen molar-refractivity contribution in [3.63, 3.8) is 0 Å². The second kappa shape index (κ2) is 9.34. The van der Waals surface area contributed by atoms with Gasteiger partial charge in [-0.05, 0) is 43.4 Å². The van der Waals surface area contributed by atoms with Crippen molar-refractivity contribution in [3.8, 4) is 5.69 Å². The monoisotopic (exact) mass is 438 g/mol. The second-order valence-electron chi connectivity index (χ2n) is 7.32. The molecule has 0 aliphatic carbocycles. The lowest BCUT2D eigenvalue weighted by molar-refractivity contribution is 0.0693. The van der Waals surface area contributed by atoms with Gasteiger partial charge in [0.1, 0.15) is 11.5 Å². The molecule has 2 amide bonds. The van der Waals surface area contributed by atoms with Crippen molar-refractivity contribution >= 4 is 23.6 Å². The van der Waals surface area contributed by atoms with Crippen LogP contribution in [-0.4, -0.2) is 51.7 Å². The topological polar surface area (TPSA) is 67.2 Å². The van der Waals surface area contributed by atoms with Crippen LogP contribution in [0.15, 0.2) is 66.0 Å². The number of rotatable bonds is 5. The first kappa shape index (κ1) is 21.1. The number of para-hydroxylation sites is 1. The van der Waals surface area contributed by atoms with Gasteiger partial charge in [-0.2, -0.15) is 0 Å². The third kappa shape index (κ3) is 4.49. The number of piperidine rings is 1. The van der Waals surface area contributed by atoms with Crippen molar-refractivity contribution in [2.75, 3.05) is 19.3 Å². The zero-order valence-corrected chi connectivity index (χ0v) is 17.9. The molecule has 0 saturated carbocycles. The smallest absolute Gasteiger partial charge is 0.270 e. The van der Waals surface area contributed by atoms with E-state index in [2.05, 4.69) is 10.3 Å². The summed E-state index contributed by atoms with van der Waals surface area (Å²) in [4.78, 5) is 31.6. The van der Waals surface area contributed by atoms with Gasteiger partial charge in [-0.3, -0.25) is 14.2 Å². The summed E-state index contributed by atoms with van der Waals surface area (Å²) >= 11 is 1.47. The van der Waals surface area contributed by atoms with Crippen molar-refractivity contribution in [1.29, 1.82) is 0 Å². The summed E-state index contributed by atoms with van der Waals surface area (Å²) in [5.41, 5.74) is 1.43. The van der Waals surface area contributed by atoms with Crippen molar-refractivity contribution in [2.24, 2.45) is 0 Å². The van der Waals surface area contributed by atoms with Crippen LogP contribution in [-0.2, 0) is 0 Å². The minimum Gasteiger partial charge on any atom is -0.348 e. The van der Waals surface area contributed by atoms with E-state index in [0.29, 0.717) is 31.6 Å². The van der Waals surface area contributed by atoms with E-state index in [1.54, 1.807) is 23.2 Å². The van der Waals surface area contributed by atoms with Gasteiger partial charge in [-0.25, -0.2) is 9.37 Å². The number of hydrogen-bond acceptors (Lipinski definition) is 4. The first-order valence-corrected chi connectivity index (χ1v) is 11.3. The van der Waals surface area contributed by atoms with Gasteiger partial charge >= 0.3 is 0 Å². The van der Waals surface area contributed by atoms with E-state index in [4.69, 9.17) is 0 Å². The lowest BCUT2D eigenvalue weighted by atomic mass is 10.0. The zero-order chi connectivity index (χ0) is 21.8. The maximum absolute atomic E-state index is 13.9. The van der Waals surface area contributed by atoms with E-state index < -0.39 is 5.82 Å². The maximum atomic E-state index is 13.9. The highest BCUT2D eigenvalue weighted by Crippen LogP contribution is 2.22. The number of nitrogens with one attached hydrogen (secondary N) is 1. The normalized spacial score (nSPS) is 14.5. The molecule has 1 aromatic heterocycles. The first-order valence-electron chi connectivity index (χ1n) is 10.1. The Balaban J connectivity index is 1.42. The van der Waals surface area contributed by atoms with Crippen LogP contribution in [0, 0.1) is 5.82 Å². The Hall–Kier alpha value is -3.13. The van der Waals surface area contributed by atoms with E-state index in [0.717, 1.165) is 10.8 Å². The zero-order valence-electron chi connectivity index (χ0n) is 17.1. The Morgan fingerprint density at radius 1 is 1.06 bits per heavy atom. The van der Waals surface area contributed by atoms with E-state index >= 15 is 0 Å². The predicted octanol–water partition coefficient (Wildman–Crippen LogP) is 3.77. The predicted molar refractivity (Wildman–Crippen MR) is 118 cm³/mol. The van der Waals surface area contributed by atoms with E-state index in [-0.39, 0.29) is 23.4 Å². The van der Waals surface area contributed by atoms with Crippen molar-refractivity contribution in [3.05, 3.63) is 77.9 Å². The molecule has 1 fully saturated rings. The minimum absolute atomic E-state index is 0.0611. The maximum Gasteiger partial charge on any atom is 0.270 e. The standard InChI is InChI=1S/C23H23FN4O2S/c1-31-23-25-15-20(28(23)17-7-3-2-4-8-17)21(29)26-16-11-13-27(14-12-16)22(30)18-9-5-6-10-19(18)24/h2-10,15-16H,11-14H2,1H3,(H,26,29). The Morgan fingerprint density at radius 2 is 1.74 bits per heavy atom. The van der Waals surface area contributed by atoms with Gasteiger partial charge in [0.25, 0.3) is 11.8 Å². The van der Waals surface area contributed by atoms with Crippen molar-refractivity contribution in [2.45, 2.75) is 24.0 Å². The Morgan fingerprint density at radius 3 is 2.42 bits per heavy atom. The van der Waals surface area contributed by atoms with Gasteiger partial charge in [0, 0.05) is 24.8 Å². The van der Waals surface area contributed by atoms with Gasteiger partial charge in [0.15, 0.2) is 5.16 Å². The van der Waals surface area contributed by atoms with Crippen LogP contribution in [0.5, 0.6) is 0 Å². The number of hydrogen-bond donors (Lipinski definition) is 1. The molecule has 1 N–H and O–H groups in total. The minimum atomic E-state index is -0.512. The highest BCUT2D eigenvalue weighted by molar-refractivity contribution is 7.98. The molecule has 160 valence electrons. The quantitative estimate of drug-likeness (QED) is 0.616. The van der Waals surface area contributed by atoms with Crippen LogP contribution in [0.3, 0.4) is 0 Å². The fourth-order valence-electron chi connectivity index (χ4n) is 3.76. The summed E-state index contributed by atoms with van der Waals surface area (Å²) in [6.07, 6.45) is 4.73. The van der Waals surface area contributed by atoms with Gasteiger partial charge < -0.3 is 10.2 Å². The molecule has 6 nitrogen and oxygen atoms in total. The summed E-state index contributed by atoms with van der Waals surface area (Å²) < 4.78 is 15.8. The molecule has 8 heteroatoms. The fraction of sp³-hybridized carbons (Fsp3) is 0.261. The number of aromatic nitrogens is 2. The molecule has 2 heterocycles. The van der Waals surface area contributed by atoms with Crippen LogP contribution >= 0.6 is 11.8 Å². The van der Waals surface area contributed by atoms with Crippen LogP contribution in [0.4, 0.5) is 4.39 Å². The molecule has 4 rings (SSSR count). The van der Waals surface area contributed by atoms with Crippen LogP contribution in [0.25, 0.3) is 5.69 Å². The number of amides is 2. The number of benzene rings is 2. The molecular weight excluding hydrogens is 415 g/mol. The number of thioether (sulfide) groups is 1. The molecule has 0 bridgehead atoms. The number of carbonyl (C=O) groups excluding carboxylic acids is 2. The highest BCUT2D eigenvalue weighted by Gasteiger charge is 2.27. The van der Waals surface area contributed by atoms with Crippen molar-refractivity contribution in [1.82, 2.24) is 19.8 Å². The van der Waals surface area contributed by atoms with Gasteiger partial charge in [0.2, 0.25) is 0 Å². The van der Waals surface area contributed by atoms with Crippen LogP contribution in [0.2, 0.25) is 0 Å². The average Bonchev–Trinajstić information content (AvgIpc) is 3.24. The molecule has 31 heavy (non-hydrogen) atoms. The van der Waals surface area contributed by atoms with E-state index in [9.17, 15) is 14.0 Å². The van der Waals surface area contributed by atoms with E-state index in [1.807, 2.05) is 41.2 Å². The molecule has 0 atom stereocenters. The summed E-state index contributed by atoms with van der Waals surface area (Å²) in [5, 5.41) is 3.81. The number of likely N-dealkylation sites (tertiary alicyclic amines) is 1. The van der Waals surface area contributed by atoms with Gasteiger partial charge in [0.05, 0.1) is 11.8 Å². The lowest BCUT2D eigenvalue weighted by Crippen LogP contribution is -2.47. The number of halogens is 1. The Bertz CT molecular complexity index is 1080. The molecule has 1 aliphatic heterocycles. The SMILES string of the molecule is CSc1ncc(C(=O)NC2CCN(C(=O)c3ccccc3F)CC2)n1-c1ccccc1. The fourth-order valence-corrected chi connectivity index (χ4v) is 4.30. The van der Waals surface area contributed by atoms with Crippen LogP contribution < -0.4 is 5.32 Å². The second-order valence-corrected chi connectivity index (χ2v) is 8.09. The third-order valence-electron chi connectivity index (χ3n) is 5.38. The molecule has 3 aromatic rings. The van der Waals surface area contributed by atoms with Crippen molar-refractivity contribution < 1.29 is 14.0 Å². The molecule has 0 unspecified atom stereocenters. The highest BCUT2D eigenvalue weighted by atomic mass is 32.2. The lowest BCUT2D eigenvalue weighted by Gasteiger charge is -2.32. The molecule has 0 radical (unpaired) electrons. The first-order chi connectivity index (χ1) is 15.1. The van der Waals surface area contributed by atoms with E-state index in [1.165, 1.54) is 23.9 Å². The molecule has 0 spiro atoms. The summed E-state index contributed by atoms with van der Waals surface area (Å²) in [6.45, 7) is 0.929. The Labute approximate surface area is 184 Å². The molecule has 1 saturated heterocycles. The molecule has 2 aromatic carbocycles. The van der Waals surface area contributed by atoms with Crippen LogP contribution in [0.1, 0.15) is 33.7 Å². The molecular formula is C23H23FN4O2S. The van der Waals surface area contributed by atoms with Gasteiger partial charge in [-0.1, -0.05) is 42.1 Å². The number of carbonyl (C=O) groups is 2. The van der Waals surface area contributed by atoms with Gasteiger partial charge in [-0.15, -0.1) is 0 Å².